The molecule has 0 bridgehead atoms. The molecule has 1 aromatic carbocycles. The van der Waals surface area contributed by atoms with Gasteiger partial charge in [-0.3, -0.25) is 0 Å². The van der Waals surface area contributed by atoms with Gasteiger partial charge in [0.2, 0.25) is 0 Å². The minimum atomic E-state index is 0.196. The Morgan fingerprint density at radius 3 is 2.45 bits per heavy atom. The largest absolute Gasteiger partial charge is 0.330 e. The molecule has 1 aromatic heterocycles. The molecule has 2 aromatic rings. The van der Waals surface area contributed by atoms with Crippen molar-refractivity contribution in [1.82, 2.24) is 15.0 Å². The molecule has 0 saturated heterocycles. The van der Waals surface area contributed by atoms with Crippen LogP contribution >= 0.6 is 0 Å². The van der Waals surface area contributed by atoms with Gasteiger partial charge in [-0.2, -0.15) is 0 Å². The van der Waals surface area contributed by atoms with Crippen LogP contribution < -0.4 is 5.73 Å². The number of benzene rings is 1. The SMILES string of the molecule is CC(C)(C)c1ccc(Cn2cc(CCCN)nn2)cc1. The number of aryl methyl sites for hydroxylation is 1. The van der Waals surface area contributed by atoms with Gasteiger partial charge in [-0.1, -0.05) is 50.3 Å². The van der Waals surface area contributed by atoms with Crippen LogP contribution in [-0.2, 0) is 18.4 Å². The lowest BCUT2D eigenvalue weighted by Crippen LogP contribution is -2.11. The zero-order valence-corrected chi connectivity index (χ0v) is 12.6. The van der Waals surface area contributed by atoms with Crippen LogP contribution in [0.3, 0.4) is 0 Å². The molecule has 0 aliphatic carbocycles. The Kier molecular flexibility index (Phi) is 4.55. The molecule has 0 saturated carbocycles. The van der Waals surface area contributed by atoms with Crippen molar-refractivity contribution in [3.63, 3.8) is 0 Å². The summed E-state index contributed by atoms with van der Waals surface area (Å²) >= 11 is 0. The first-order valence-corrected chi connectivity index (χ1v) is 7.17. The summed E-state index contributed by atoms with van der Waals surface area (Å²) in [6, 6.07) is 8.73. The van der Waals surface area contributed by atoms with Crippen LogP contribution in [-0.4, -0.2) is 21.5 Å². The highest BCUT2D eigenvalue weighted by atomic mass is 15.4. The van der Waals surface area contributed by atoms with Crippen LogP contribution in [0.2, 0.25) is 0 Å². The molecule has 0 atom stereocenters. The van der Waals surface area contributed by atoms with Gasteiger partial charge in [-0.15, -0.1) is 5.10 Å². The van der Waals surface area contributed by atoms with Crippen LogP contribution in [0.15, 0.2) is 30.5 Å². The average Bonchev–Trinajstić information content (AvgIpc) is 2.83. The Morgan fingerprint density at radius 2 is 1.85 bits per heavy atom. The highest BCUT2D eigenvalue weighted by molar-refractivity contribution is 5.27. The monoisotopic (exact) mass is 272 g/mol. The second-order valence-electron chi connectivity index (χ2n) is 6.25. The van der Waals surface area contributed by atoms with Crippen LogP contribution in [0.25, 0.3) is 0 Å². The summed E-state index contributed by atoms with van der Waals surface area (Å²) in [5.74, 6) is 0. The Balaban J connectivity index is 2.01. The maximum absolute atomic E-state index is 5.50. The summed E-state index contributed by atoms with van der Waals surface area (Å²) in [5.41, 5.74) is 9.31. The molecule has 0 aliphatic heterocycles. The molecule has 2 N–H and O–H groups in total. The third-order valence-electron chi connectivity index (χ3n) is 3.39. The van der Waals surface area contributed by atoms with Gasteiger partial charge in [0.25, 0.3) is 0 Å². The molecule has 1 heterocycles. The van der Waals surface area contributed by atoms with Gasteiger partial charge in [-0.25, -0.2) is 4.68 Å². The van der Waals surface area contributed by atoms with Crippen LogP contribution in [0, 0.1) is 0 Å². The predicted molar refractivity (Wildman–Crippen MR) is 81.6 cm³/mol. The quantitative estimate of drug-likeness (QED) is 0.910. The predicted octanol–water partition coefficient (Wildman–Crippen LogP) is 2.52. The number of nitrogens with two attached hydrogens (primary N) is 1. The highest BCUT2D eigenvalue weighted by Gasteiger charge is 2.12. The fourth-order valence-corrected chi connectivity index (χ4v) is 2.11. The molecule has 0 aliphatic rings. The van der Waals surface area contributed by atoms with Crippen molar-refractivity contribution in [2.75, 3.05) is 6.54 Å². The maximum atomic E-state index is 5.50. The summed E-state index contributed by atoms with van der Waals surface area (Å²) in [5, 5.41) is 8.33. The fraction of sp³-hybridized carbons (Fsp3) is 0.500. The van der Waals surface area contributed by atoms with Crippen molar-refractivity contribution in [1.29, 1.82) is 0 Å². The number of rotatable bonds is 5. The minimum absolute atomic E-state index is 0.196. The summed E-state index contributed by atoms with van der Waals surface area (Å²) in [6.45, 7) is 8.14. The summed E-state index contributed by atoms with van der Waals surface area (Å²) in [4.78, 5) is 0. The molecule has 4 nitrogen and oxygen atoms in total. The van der Waals surface area contributed by atoms with Crippen molar-refractivity contribution in [2.45, 2.75) is 45.6 Å². The van der Waals surface area contributed by atoms with E-state index < -0.39 is 0 Å². The summed E-state index contributed by atoms with van der Waals surface area (Å²) in [6.07, 6.45) is 3.87. The van der Waals surface area contributed by atoms with E-state index in [0.717, 1.165) is 25.1 Å². The average molecular weight is 272 g/mol. The van der Waals surface area contributed by atoms with E-state index in [9.17, 15) is 0 Å². The molecule has 0 radical (unpaired) electrons. The molecule has 108 valence electrons. The van der Waals surface area contributed by atoms with E-state index in [1.54, 1.807) is 0 Å². The van der Waals surface area contributed by atoms with Gasteiger partial charge in [0.1, 0.15) is 0 Å². The van der Waals surface area contributed by atoms with E-state index in [0.29, 0.717) is 6.54 Å². The second-order valence-corrected chi connectivity index (χ2v) is 6.25. The van der Waals surface area contributed by atoms with Gasteiger partial charge < -0.3 is 5.73 Å². The molecular formula is C16H24N4. The Labute approximate surface area is 121 Å². The molecule has 20 heavy (non-hydrogen) atoms. The van der Waals surface area contributed by atoms with Crippen LogP contribution in [0.4, 0.5) is 0 Å². The first kappa shape index (κ1) is 14.7. The smallest absolute Gasteiger partial charge is 0.0827 e. The number of hydrogen-bond acceptors (Lipinski definition) is 3. The van der Waals surface area contributed by atoms with E-state index >= 15 is 0 Å². The zero-order valence-electron chi connectivity index (χ0n) is 12.6. The third kappa shape index (κ3) is 3.90. The maximum Gasteiger partial charge on any atom is 0.0827 e. The van der Waals surface area contributed by atoms with Crippen LogP contribution in [0.1, 0.15) is 44.0 Å². The van der Waals surface area contributed by atoms with Crippen molar-refractivity contribution < 1.29 is 0 Å². The number of nitrogens with zero attached hydrogens (tertiary/aromatic N) is 3. The molecule has 0 amide bonds. The van der Waals surface area contributed by atoms with Gasteiger partial charge in [0.15, 0.2) is 0 Å². The van der Waals surface area contributed by atoms with E-state index in [1.165, 1.54) is 11.1 Å². The topological polar surface area (TPSA) is 56.7 Å². The standard InChI is InChI=1S/C16H24N4/c1-16(2,3)14-8-6-13(7-9-14)11-20-12-15(18-19-20)5-4-10-17/h6-9,12H,4-5,10-11,17H2,1-3H3. The molecule has 4 heteroatoms. The normalized spacial score (nSPS) is 11.8. The zero-order chi connectivity index (χ0) is 14.6. The van der Waals surface area contributed by atoms with Crippen molar-refractivity contribution in [3.05, 3.63) is 47.3 Å². The lowest BCUT2D eigenvalue weighted by atomic mass is 9.87. The summed E-state index contributed by atoms with van der Waals surface area (Å²) in [7, 11) is 0. The van der Waals surface area contributed by atoms with Crippen LogP contribution in [0.5, 0.6) is 0 Å². The Bertz CT molecular complexity index is 534. The number of hydrogen-bond donors (Lipinski definition) is 1. The lowest BCUT2D eigenvalue weighted by Gasteiger charge is -2.19. The van der Waals surface area contributed by atoms with Gasteiger partial charge in [-0.05, 0) is 35.9 Å². The van der Waals surface area contributed by atoms with E-state index in [1.807, 2.05) is 10.9 Å². The van der Waals surface area contributed by atoms with E-state index in [4.69, 9.17) is 5.73 Å². The van der Waals surface area contributed by atoms with E-state index in [-0.39, 0.29) is 5.41 Å². The van der Waals surface area contributed by atoms with E-state index in [2.05, 4.69) is 55.3 Å². The van der Waals surface area contributed by atoms with Gasteiger partial charge >= 0.3 is 0 Å². The van der Waals surface area contributed by atoms with Gasteiger partial charge in [0, 0.05) is 6.20 Å². The molecule has 2 rings (SSSR count). The molecule has 0 fully saturated rings. The minimum Gasteiger partial charge on any atom is -0.330 e. The van der Waals surface area contributed by atoms with Crippen molar-refractivity contribution >= 4 is 0 Å². The Morgan fingerprint density at radius 1 is 1.15 bits per heavy atom. The number of aromatic nitrogens is 3. The highest BCUT2D eigenvalue weighted by Crippen LogP contribution is 2.22. The summed E-state index contributed by atoms with van der Waals surface area (Å²) < 4.78 is 1.89. The fourth-order valence-electron chi connectivity index (χ4n) is 2.11. The molecular weight excluding hydrogens is 248 g/mol. The Hall–Kier alpha value is -1.68. The van der Waals surface area contributed by atoms with Gasteiger partial charge in [0.05, 0.1) is 12.2 Å². The van der Waals surface area contributed by atoms with Crippen molar-refractivity contribution in [3.8, 4) is 0 Å². The first-order valence-electron chi connectivity index (χ1n) is 7.17. The third-order valence-corrected chi connectivity index (χ3v) is 3.39. The molecule has 0 spiro atoms. The van der Waals surface area contributed by atoms with Crippen molar-refractivity contribution in [2.24, 2.45) is 5.73 Å². The first-order chi connectivity index (χ1) is 9.49. The molecule has 0 unspecified atom stereocenters. The lowest BCUT2D eigenvalue weighted by molar-refractivity contribution is 0.589. The second kappa shape index (κ2) is 6.18.